The van der Waals surface area contributed by atoms with Crippen molar-refractivity contribution in [2.24, 2.45) is 5.92 Å². The Morgan fingerprint density at radius 3 is 2.44 bits per heavy atom. The summed E-state index contributed by atoms with van der Waals surface area (Å²) < 4.78 is 23.7. The Labute approximate surface area is 161 Å². The van der Waals surface area contributed by atoms with Gasteiger partial charge in [0.25, 0.3) is 0 Å². The van der Waals surface area contributed by atoms with E-state index >= 15 is 0 Å². The van der Waals surface area contributed by atoms with Crippen LogP contribution in [0.15, 0.2) is 18.5 Å². The van der Waals surface area contributed by atoms with Gasteiger partial charge in [0, 0.05) is 51.2 Å². The molecule has 0 saturated carbocycles. The molecule has 0 bridgehead atoms. The number of hydrogen-bond donors (Lipinski definition) is 0. The van der Waals surface area contributed by atoms with Crippen molar-refractivity contribution < 1.29 is 13.2 Å². The van der Waals surface area contributed by atoms with Crippen molar-refractivity contribution >= 4 is 21.7 Å². The number of aromatic nitrogens is 2. The largest absolute Gasteiger partial charge is 0.338 e. The molecule has 1 atom stereocenters. The minimum atomic E-state index is -3.01. The van der Waals surface area contributed by atoms with E-state index in [1.807, 2.05) is 4.90 Å². The van der Waals surface area contributed by atoms with Crippen LogP contribution >= 0.6 is 0 Å². The molecule has 0 N–H and O–H groups in total. The van der Waals surface area contributed by atoms with E-state index in [0.29, 0.717) is 25.4 Å². The molecular weight excluding hydrogens is 366 g/mol. The topological polar surface area (TPSA) is 86.7 Å². The Morgan fingerprint density at radius 2 is 1.89 bits per heavy atom. The summed E-state index contributed by atoms with van der Waals surface area (Å²) in [7, 11) is -3.01. The minimum absolute atomic E-state index is 0.0372. The summed E-state index contributed by atoms with van der Waals surface area (Å²) in [5, 5.41) is 0. The van der Waals surface area contributed by atoms with Crippen LogP contribution in [0.2, 0.25) is 0 Å². The van der Waals surface area contributed by atoms with Crippen LogP contribution < -0.4 is 4.90 Å². The number of amides is 1. The average Bonchev–Trinajstić information content (AvgIpc) is 3.00. The molecule has 0 aromatic carbocycles. The van der Waals surface area contributed by atoms with E-state index in [0.717, 1.165) is 32.1 Å². The van der Waals surface area contributed by atoms with E-state index in [1.54, 1.807) is 18.5 Å². The van der Waals surface area contributed by atoms with Crippen molar-refractivity contribution in [3.05, 3.63) is 18.5 Å². The summed E-state index contributed by atoms with van der Waals surface area (Å²) in [5.74, 6) is 1.36. The van der Waals surface area contributed by atoms with Crippen molar-refractivity contribution in [2.45, 2.75) is 26.3 Å². The molecule has 3 heterocycles. The highest BCUT2D eigenvalue weighted by Gasteiger charge is 2.35. The first kappa shape index (κ1) is 20.0. The van der Waals surface area contributed by atoms with Crippen molar-refractivity contribution in [2.75, 3.05) is 55.7 Å². The van der Waals surface area contributed by atoms with Gasteiger partial charge in [-0.05, 0) is 18.4 Å². The standard InChI is InChI=1S/C18H29N5O3S/c1-15(2)12-23(16-4-11-27(25,26)14-16)17(24)13-21-7-9-22(10-8-21)18-19-5-3-6-20-18/h3,5-6,15-16H,4,7-14H2,1-2H3. The Morgan fingerprint density at radius 1 is 1.22 bits per heavy atom. The lowest BCUT2D eigenvalue weighted by atomic mass is 10.1. The molecule has 1 unspecified atom stereocenters. The fraction of sp³-hybridized carbons (Fsp3) is 0.722. The zero-order valence-corrected chi connectivity index (χ0v) is 16.9. The molecule has 8 nitrogen and oxygen atoms in total. The van der Waals surface area contributed by atoms with E-state index < -0.39 is 9.84 Å². The van der Waals surface area contributed by atoms with E-state index in [2.05, 4.69) is 33.6 Å². The number of rotatable bonds is 6. The lowest BCUT2D eigenvalue weighted by molar-refractivity contribution is -0.135. The molecule has 0 spiro atoms. The molecule has 2 aliphatic heterocycles. The summed E-state index contributed by atoms with van der Waals surface area (Å²) in [4.78, 5) is 27.6. The molecule has 2 saturated heterocycles. The van der Waals surface area contributed by atoms with Gasteiger partial charge in [0.1, 0.15) is 0 Å². The van der Waals surface area contributed by atoms with Crippen LogP contribution in [0.4, 0.5) is 5.95 Å². The third-order valence-corrected chi connectivity index (χ3v) is 6.85. The maximum atomic E-state index is 12.9. The second-order valence-corrected chi connectivity index (χ2v) is 10.0. The van der Waals surface area contributed by atoms with E-state index in [1.165, 1.54) is 0 Å². The molecule has 0 radical (unpaired) electrons. The molecule has 1 amide bonds. The molecule has 1 aromatic heterocycles. The number of carbonyl (C=O) groups excluding carboxylic acids is 1. The number of hydrogen-bond acceptors (Lipinski definition) is 7. The van der Waals surface area contributed by atoms with Crippen LogP contribution in [0, 0.1) is 5.92 Å². The summed E-state index contributed by atoms with van der Waals surface area (Å²) in [6, 6.07) is 1.62. The van der Waals surface area contributed by atoms with Crippen molar-refractivity contribution in [1.29, 1.82) is 0 Å². The minimum Gasteiger partial charge on any atom is -0.338 e. The predicted octanol–water partition coefficient (Wildman–Crippen LogP) is 0.270. The van der Waals surface area contributed by atoms with Gasteiger partial charge in [-0.1, -0.05) is 13.8 Å². The first-order chi connectivity index (χ1) is 12.8. The summed E-state index contributed by atoms with van der Waals surface area (Å²) >= 11 is 0. The van der Waals surface area contributed by atoms with Gasteiger partial charge in [0.2, 0.25) is 11.9 Å². The third kappa shape index (κ3) is 5.38. The summed E-state index contributed by atoms with van der Waals surface area (Å²) in [6.45, 7) is 8.15. The van der Waals surface area contributed by atoms with Crippen LogP contribution in [0.3, 0.4) is 0 Å². The molecule has 2 fully saturated rings. The molecule has 9 heteroatoms. The van der Waals surface area contributed by atoms with Crippen LogP contribution in [0.5, 0.6) is 0 Å². The maximum Gasteiger partial charge on any atom is 0.237 e. The number of carbonyl (C=O) groups is 1. The number of sulfone groups is 1. The first-order valence-corrected chi connectivity index (χ1v) is 11.4. The second-order valence-electron chi connectivity index (χ2n) is 7.81. The van der Waals surface area contributed by atoms with Crippen molar-refractivity contribution in [3.8, 4) is 0 Å². The summed E-state index contributed by atoms with van der Waals surface area (Å²) in [5.41, 5.74) is 0. The van der Waals surface area contributed by atoms with Gasteiger partial charge >= 0.3 is 0 Å². The molecule has 0 aliphatic carbocycles. The fourth-order valence-corrected chi connectivity index (χ4v) is 5.44. The summed E-state index contributed by atoms with van der Waals surface area (Å²) in [6.07, 6.45) is 4.02. The van der Waals surface area contributed by atoms with E-state index in [4.69, 9.17) is 0 Å². The third-order valence-electron chi connectivity index (χ3n) is 5.10. The first-order valence-electron chi connectivity index (χ1n) is 9.58. The van der Waals surface area contributed by atoms with Crippen molar-refractivity contribution in [3.63, 3.8) is 0 Å². The SMILES string of the molecule is CC(C)CN(C(=O)CN1CCN(c2ncccn2)CC1)C1CCS(=O)(=O)C1. The Hall–Kier alpha value is -1.74. The quantitative estimate of drug-likeness (QED) is 0.683. The molecule has 3 rings (SSSR count). The molecule has 27 heavy (non-hydrogen) atoms. The van der Waals surface area contributed by atoms with Crippen LogP contribution in [0.1, 0.15) is 20.3 Å². The zero-order chi connectivity index (χ0) is 19.4. The highest BCUT2D eigenvalue weighted by Crippen LogP contribution is 2.20. The molecule has 150 valence electrons. The van der Waals surface area contributed by atoms with Gasteiger partial charge in [-0.3, -0.25) is 9.69 Å². The normalized spacial score (nSPS) is 22.9. The highest BCUT2D eigenvalue weighted by molar-refractivity contribution is 7.91. The molecular formula is C18H29N5O3S. The zero-order valence-electron chi connectivity index (χ0n) is 16.1. The monoisotopic (exact) mass is 395 g/mol. The van der Waals surface area contributed by atoms with Gasteiger partial charge in [-0.15, -0.1) is 0 Å². The van der Waals surface area contributed by atoms with Crippen LogP contribution in [-0.2, 0) is 14.6 Å². The smallest absolute Gasteiger partial charge is 0.237 e. The van der Waals surface area contributed by atoms with Gasteiger partial charge in [0.05, 0.1) is 18.1 Å². The fourth-order valence-electron chi connectivity index (χ4n) is 3.71. The second kappa shape index (κ2) is 8.52. The van der Waals surface area contributed by atoms with Gasteiger partial charge in [0.15, 0.2) is 9.84 Å². The Bertz CT molecular complexity index is 733. The Balaban J connectivity index is 1.56. The predicted molar refractivity (Wildman–Crippen MR) is 104 cm³/mol. The molecule has 1 aromatic rings. The van der Waals surface area contributed by atoms with Gasteiger partial charge in [-0.2, -0.15) is 0 Å². The average molecular weight is 396 g/mol. The number of nitrogens with zero attached hydrogens (tertiary/aromatic N) is 5. The highest BCUT2D eigenvalue weighted by atomic mass is 32.2. The molecule has 2 aliphatic rings. The maximum absolute atomic E-state index is 12.9. The lowest BCUT2D eigenvalue weighted by Gasteiger charge is -2.36. The van der Waals surface area contributed by atoms with Crippen LogP contribution in [0.25, 0.3) is 0 Å². The van der Waals surface area contributed by atoms with Gasteiger partial charge < -0.3 is 9.80 Å². The lowest BCUT2D eigenvalue weighted by Crippen LogP contribution is -2.52. The van der Waals surface area contributed by atoms with Crippen LogP contribution in [-0.4, -0.2) is 90.9 Å². The number of piperazine rings is 1. The Kier molecular flexibility index (Phi) is 6.31. The van der Waals surface area contributed by atoms with E-state index in [9.17, 15) is 13.2 Å². The number of anilines is 1. The van der Waals surface area contributed by atoms with E-state index in [-0.39, 0.29) is 23.5 Å². The van der Waals surface area contributed by atoms with Crippen molar-refractivity contribution in [1.82, 2.24) is 19.8 Å². The van der Waals surface area contributed by atoms with Gasteiger partial charge in [-0.25, -0.2) is 18.4 Å².